The topological polar surface area (TPSA) is 45.4 Å². The average molecular weight is 234 g/mol. The number of nitrogens with zero attached hydrogens (tertiary/aromatic N) is 3. The van der Waals surface area contributed by atoms with Crippen LogP contribution in [-0.2, 0) is 0 Å². The Hall–Kier alpha value is -1.29. The van der Waals surface area contributed by atoms with Crippen LogP contribution in [0.3, 0.4) is 0 Å². The Balaban J connectivity index is 2.14. The van der Waals surface area contributed by atoms with Gasteiger partial charge in [0.1, 0.15) is 5.82 Å². The fraction of sp³-hybridized carbons (Fsp3) is 0.615. The van der Waals surface area contributed by atoms with Crippen molar-refractivity contribution in [2.24, 2.45) is 0 Å². The highest BCUT2D eigenvalue weighted by Crippen LogP contribution is 2.21. The van der Waals surface area contributed by atoms with Crippen molar-refractivity contribution in [1.29, 1.82) is 0 Å². The van der Waals surface area contributed by atoms with E-state index in [-0.39, 0.29) is 0 Å². The zero-order chi connectivity index (χ0) is 12.4. The Morgan fingerprint density at radius 3 is 2.88 bits per heavy atom. The quantitative estimate of drug-likeness (QED) is 0.842. The van der Waals surface area contributed by atoms with Crippen LogP contribution in [0.1, 0.15) is 18.9 Å². The Kier molecular flexibility index (Phi) is 3.52. The number of hydrogen-bond donors (Lipinski definition) is 1. The largest absolute Gasteiger partial charge is 0.398 e. The van der Waals surface area contributed by atoms with Crippen LogP contribution in [0, 0.1) is 6.92 Å². The third-order valence-electron chi connectivity index (χ3n) is 3.70. The van der Waals surface area contributed by atoms with Crippen LogP contribution in [0.4, 0.5) is 11.5 Å². The minimum Gasteiger partial charge on any atom is -0.398 e. The van der Waals surface area contributed by atoms with Gasteiger partial charge in [-0.25, -0.2) is 4.98 Å². The van der Waals surface area contributed by atoms with E-state index in [4.69, 9.17) is 5.73 Å². The lowest BCUT2D eigenvalue weighted by atomic mass is 10.1. The second-order valence-corrected chi connectivity index (χ2v) is 4.89. The monoisotopic (exact) mass is 234 g/mol. The molecular weight excluding hydrogens is 212 g/mol. The summed E-state index contributed by atoms with van der Waals surface area (Å²) in [6.45, 7) is 7.39. The Morgan fingerprint density at radius 2 is 2.24 bits per heavy atom. The maximum atomic E-state index is 5.94. The van der Waals surface area contributed by atoms with Gasteiger partial charge in [0.25, 0.3) is 0 Å². The summed E-state index contributed by atoms with van der Waals surface area (Å²) in [6, 6.07) is 2.61. The molecule has 0 aliphatic carbocycles. The summed E-state index contributed by atoms with van der Waals surface area (Å²) in [7, 11) is 2.20. The average Bonchev–Trinajstić information content (AvgIpc) is 2.33. The van der Waals surface area contributed by atoms with Gasteiger partial charge in [-0.05, 0) is 26.0 Å². The van der Waals surface area contributed by atoms with Crippen LogP contribution in [0.15, 0.2) is 12.3 Å². The molecule has 2 N–H and O–H groups in total. The summed E-state index contributed by atoms with van der Waals surface area (Å²) in [5.74, 6) is 1.01. The van der Waals surface area contributed by atoms with Crippen LogP contribution in [0.25, 0.3) is 0 Å². The van der Waals surface area contributed by atoms with E-state index in [1.165, 1.54) is 6.42 Å². The van der Waals surface area contributed by atoms with E-state index in [2.05, 4.69) is 28.8 Å². The number of nitrogen functional groups attached to an aromatic ring is 1. The van der Waals surface area contributed by atoms with Crippen LogP contribution in [-0.4, -0.2) is 42.6 Å². The number of rotatable bonds is 2. The number of likely N-dealkylation sites (N-methyl/N-ethyl adjacent to an activating group) is 1. The number of aromatic nitrogens is 1. The van der Waals surface area contributed by atoms with Crippen molar-refractivity contribution in [2.75, 3.05) is 37.3 Å². The summed E-state index contributed by atoms with van der Waals surface area (Å²) < 4.78 is 0. The summed E-state index contributed by atoms with van der Waals surface area (Å²) >= 11 is 0. The van der Waals surface area contributed by atoms with Crippen LogP contribution in [0.5, 0.6) is 0 Å². The lowest BCUT2D eigenvalue weighted by Gasteiger charge is -2.39. The normalized spacial score (nSPS) is 21.8. The van der Waals surface area contributed by atoms with E-state index < -0.39 is 0 Å². The van der Waals surface area contributed by atoms with E-state index in [0.717, 1.165) is 36.7 Å². The Bertz CT molecular complexity index is 391. The van der Waals surface area contributed by atoms with Crippen molar-refractivity contribution in [2.45, 2.75) is 26.3 Å². The maximum absolute atomic E-state index is 5.94. The molecule has 1 aliphatic heterocycles. The van der Waals surface area contributed by atoms with Gasteiger partial charge >= 0.3 is 0 Å². The molecule has 1 aromatic heterocycles. The smallest absolute Gasteiger partial charge is 0.130 e. The summed E-state index contributed by atoms with van der Waals surface area (Å²) in [5.41, 5.74) is 7.83. The fourth-order valence-corrected chi connectivity index (χ4v) is 2.30. The van der Waals surface area contributed by atoms with Gasteiger partial charge in [-0.1, -0.05) is 6.92 Å². The van der Waals surface area contributed by atoms with Crippen molar-refractivity contribution in [3.8, 4) is 0 Å². The van der Waals surface area contributed by atoms with Crippen LogP contribution < -0.4 is 10.6 Å². The van der Waals surface area contributed by atoms with E-state index in [9.17, 15) is 0 Å². The number of anilines is 2. The van der Waals surface area contributed by atoms with Crippen LogP contribution in [0.2, 0.25) is 0 Å². The molecule has 1 unspecified atom stereocenters. The minimum atomic E-state index is 0.619. The third kappa shape index (κ3) is 2.52. The van der Waals surface area contributed by atoms with Gasteiger partial charge in [-0.3, -0.25) is 4.90 Å². The van der Waals surface area contributed by atoms with Gasteiger partial charge in [-0.2, -0.15) is 0 Å². The molecule has 0 spiro atoms. The maximum Gasteiger partial charge on any atom is 0.130 e. The highest BCUT2D eigenvalue weighted by molar-refractivity contribution is 5.55. The molecule has 1 saturated heterocycles. The number of piperazine rings is 1. The van der Waals surface area contributed by atoms with Gasteiger partial charge in [0.05, 0.1) is 0 Å². The summed E-state index contributed by atoms with van der Waals surface area (Å²) in [6.07, 6.45) is 3.04. The Morgan fingerprint density at radius 1 is 1.47 bits per heavy atom. The van der Waals surface area contributed by atoms with E-state index in [1.807, 2.05) is 19.2 Å². The van der Waals surface area contributed by atoms with E-state index in [1.54, 1.807) is 0 Å². The van der Waals surface area contributed by atoms with E-state index >= 15 is 0 Å². The highest BCUT2D eigenvalue weighted by atomic mass is 15.3. The third-order valence-corrected chi connectivity index (χ3v) is 3.70. The standard InChI is InChI=1S/C13H22N4/c1-4-11-9-17(6-5-16(11)3)13-7-12(14)10(2)8-15-13/h7-8,11H,4-6,9H2,1-3H3,(H2,14,15). The molecule has 0 saturated carbocycles. The highest BCUT2D eigenvalue weighted by Gasteiger charge is 2.23. The first-order chi connectivity index (χ1) is 8.11. The van der Waals surface area contributed by atoms with Crippen LogP contribution >= 0.6 is 0 Å². The minimum absolute atomic E-state index is 0.619. The molecular formula is C13H22N4. The molecule has 4 heteroatoms. The molecule has 0 radical (unpaired) electrons. The molecule has 2 rings (SSSR count). The lowest BCUT2D eigenvalue weighted by Crippen LogP contribution is -2.51. The molecule has 4 nitrogen and oxygen atoms in total. The zero-order valence-electron chi connectivity index (χ0n) is 11.0. The molecule has 2 heterocycles. The molecule has 1 aromatic rings. The number of hydrogen-bond acceptors (Lipinski definition) is 4. The molecule has 17 heavy (non-hydrogen) atoms. The van der Waals surface area contributed by atoms with Crippen molar-refractivity contribution in [3.05, 3.63) is 17.8 Å². The molecule has 0 bridgehead atoms. The van der Waals surface area contributed by atoms with Crippen molar-refractivity contribution >= 4 is 11.5 Å². The molecule has 0 aromatic carbocycles. The van der Waals surface area contributed by atoms with Crippen molar-refractivity contribution in [1.82, 2.24) is 9.88 Å². The predicted molar refractivity (Wildman–Crippen MR) is 72.3 cm³/mol. The SMILES string of the molecule is CCC1CN(c2cc(N)c(C)cn2)CCN1C. The predicted octanol–water partition coefficient (Wildman–Crippen LogP) is 1.50. The molecule has 1 aliphatic rings. The first-order valence-corrected chi connectivity index (χ1v) is 6.29. The van der Waals surface area contributed by atoms with Gasteiger partial charge in [-0.15, -0.1) is 0 Å². The summed E-state index contributed by atoms with van der Waals surface area (Å²) in [5, 5.41) is 0. The second-order valence-electron chi connectivity index (χ2n) is 4.89. The van der Waals surface area contributed by atoms with Crippen molar-refractivity contribution in [3.63, 3.8) is 0 Å². The van der Waals surface area contributed by atoms with Gasteiger partial charge < -0.3 is 10.6 Å². The molecule has 94 valence electrons. The number of aryl methyl sites for hydroxylation is 1. The molecule has 0 amide bonds. The van der Waals surface area contributed by atoms with E-state index in [0.29, 0.717) is 6.04 Å². The number of pyridine rings is 1. The lowest BCUT2D eigenvalue weighted by molar-refractivity contribution is 0.213. The van der Waals surface area contributed by atoms with Gasteiger partial charge in [0.15, 0.2) is 0 Å². The molecule has 1 fully saturated rings. The van der Waals surface area contributed by atoms with Crippen molar-refractivity contribution < 1.29 is 0 Å². The number of nitrogens with two attached hydrogens (primary N) is 1. The van der Waals surface area contributed by atoms with Gasteiger partial charge in [0, 0.05) is 43.6 Å². The first kappa shape index (κ1) is 12.2. The fourth-order valence-electron chi connectivity index (χ4n) is 2.30. The Labute approximate surface area is 103 Å². The zero-order valence-corrected chi connectivity index (χ0v) is 11.0. The summed E-state index contributed by atoms with van der Waals surface area (Å²) in [4.78, 5) is 9.25. The van der Waals surface area contributed by atoms with Gasteiger partial charge in [0.2, 0.25) is 0 Å². The first-order valence-electron chi connectivity index (χ1n) is 6.29. The molecule has 1 atom stereocenters. The second kappa shape index (κ2) is 4.92.